The second-order valence-corrected chi connectivity index (χ2v) is 6.69. The molecule has 4 nitrogen and oxygen atoms in total. The summed E-state index contributed by atoms with van der Waals surface area (Å²) in [5.74, 6) is 0.852. The van der Waals surface area contributed by atoms with Crippen LogP contribution in [0.1, 0.15) is 38.3 Å². The summed E-state index contributed by atoms with van der Waals surface area (Å²) >= 11 is 0. The molecule has 4 heteroatoms. The van der Waals surface area contributed by atoms with E-state index in [2.05, 4.69) is 42.4 Å². The largest absolute Gasteiger partial charge is 0.315 e. The lowest BCUT2D eigenvalue weighted by atomic mass is 9.75. The van der Waals surface area contributed by atoms with Crippen LogP contribution in [0, 0.1) is 5.92 Å². The van der Waals surface area contributed by atoms with E-state index >= 15 is 0 Å². The number of hydrogen-bond donors (Lipinski definition) is 1. The lowest BCUT2D eigenvalue weighted by Crippen LogP contribution is -2.54. The molecule has 1 saturated carbocycles. The smallest absolute Gasteiger partial charge is 0.0492 e. The van der Waals surface area contributed by atoms with Crippen molar-refractivity contribution >= 4 is 0 Å². The molecule has 2 atom stereocenters. The third kappa shape index (κ3) is 3.61. The van der Waals surface area contributed by atoms with Crippen LogP contribution in [0.2, 0.25) is 0 Å². The molecule has 0 amide bonds. The Balaban J connectivity index is 1.82. The molecule has 0 aliphatic heterocycles. The summed E-state index contributed by atoms with van der Waals surface area (Å²) in [4.78, 5) is 2.44. The highest BCUT2D eigenvalue weighted by Crippen LogP contribution is 2.35. The maximum absolute atomic E-state index is 4.22. The summed E-state index contributed by atoms with van der Waals surface area (Å²) in [6.45, 7) is 4.53. The number of likely N-dealkylation sites (N-methyl/N-ethyl adjacent to an activating group) is 1. The van der Waals surface area contributed by atoms with Crippen molar-refractivity contribution in [2.75, 3.05) is 27.2 Å². The third-order valence-corrected chi connectivity index (χ3v) is 4.95. The lowest BCUT2D eigenvalue weighted by Gasteiger charge is -2.45. The molecule has 2 rings (SSSR count). The van der Waals surface area contributed by atoms with E-state index < -0.39 is 0 Å². The Morgan fingerprint density at radius 2 is 2.30 bits per heavy atom. The van der Waals surface area contributed by atoms with Gasteiger partial charge in [-0.15, -0.1) is 0 Å². The molecule has 1 aromatic rings. The van der Waals surface area contributed by atoms with Crippen molar-refractivity contribution < 1.29 is 0 Å². The standard InChI is InChI=1S/C16H30N4/c1-14-6-5-9-16(12-14,19(2)3)13-17-10-7-15-8-11-18-20(15)4/h8,11,14,17H,5-7,9-10,12-13H2,1-4H3. The summed E-state index contributed by atoms with van der Waals surface area (Å²) in [5, 5.41) is 7.90. The summed E-state index contributed by atoms with van der Waals surface area (Å²) < 4.78 is 1.96. The Morgan fingerprint density at radius 3 is 2.90 bits per heavy atom. The van der Waals surface area contributed by atoms with Crippen LogP contribution in [0.15, 0.2) is 12.3 Å². The first-order valence-electron chi connectivity index (χ1n) is 7.88. The molecule has 0 radical (unpaired) electrons. The van der Waals surface area contributed by atoms with Gasteiger partial charge in [-0.05, 0) is 38.9 Å². The molecule has 0 aromatic carbocycles. The number of aromatic nitrogens is 2. The van der Waals surface area contributed by atoms with E-state index in [1.54, 1.807) is 0 Å². The van der Waals surface area contributed by atoms with Crippen LogP contribution in [0.3, 0.4) is 0 Å². The van der Waals surface area contributed by atoms with Gasteiger partial charge in [0.2, 0.25) is 0 Å². The van der Waals surface area contributed by atoms with E-state index in [9.17, 15) is 0 Å². The Morgan fingerprint density at radius 1 is 1.50 bits per heavy atom. The fraction of sp³-hybridized carbons (Fsp3) is 0.812. The molecule has 0 spiro atoms. The zero-order valence-corrected chi connectivity index (χ0v) is 13.5. The predicted octanol–water partition coefficient (Wildman–Crippen LogP) is 2.06. The summed E-state index contributed by atoms with van der Waals surface area (Å²) in [7, 11) is 6.49. The molecule has 1 aliphatic carbocycles. The molecule has 2 unspecified atom stereocenters. The number of rotatable bonds is 6. The molecule has 0 bridgehead atoms. The van der Waals surface area contributed by atoms with Crippen LogP contribution in [0.25, 0.3) is 0 Å². The Kier molecular flexibility index (Phi) is 5.22. The average Bonchev–Trinajstić information content (AvgIpc) is 2.80. The zero-order chi connectivity index (χ0) is 14.6. The van der Waals surface area contributed by atoms with Gasteiger partial charge in [-0.2, -0.15) is 5.10 Å². The number of nitrogens with one attached hydrogen (secondary N) is 1. The maximum atomic E-state index is 4.22. The monoisotopic (exact) mass is 278 g/mol. The van der Waals surface area contributed by atoms with Crippen LogP contribution in [-0.2, 0) is 13.5 Å². The number of aryl methyl sites for hydroxylation is 1. The van der Waals surface area contributed by atoms with E-state index in [-0.39, 0.29) is 0 Å². The van der Waals surface area contributed by atoms with Crippen molar-refractivity contribution in [3.63, 3.8) is 0 Å². The van der Waals surface area contributed by atoms with Gasteiger partial charge in [-0.25, -0.2) is 0 Å². The van der Waals surface area contributed by atoms with E-state index in [0.717, 1.165) is 25.4 Å². The normalized spacial score (nSPS) is 27.1. The highest BCUT2D eigenvalue weighted by atomic mass is 15.3. The first kappa shape index (κ1) is 15.5. The second-order valence-electron chi connectivity index (χ2n) is 6.69. The van der Waals surface area contributed by atoms with Crippen LogP contribution in [0.4, 0.5) is 0 Å². The Labute approximate surface area is 123 Å². The minimum Gasteiger partial charge on any atom is -0.315 e. The van der Waals surface area contributed by atoms with Gasteiger partial charge >= 0.3 is 0 Å². The molecule has 1 aliphatic rings. The van der Waals surface area contributed by atoms with Gasteiger partial charge in [0.05, 0.1) is 0 Å². The van der Waals surface area contributed by atoms with Crippen molar-refractivity contribution in [3.05, 3.63) is 18.0 Å². The Bertz CT molecular complexity index is 412. The van der Waals surface area contributed by atoms with Crippen LogP contribution < -0.4 is 5.32 Å². The van der Waals surface area contributed by atoms with Gasteiger partial charge in [0.15, 0.2) is 0 Å². The second kappa shape index (κ2) is 6.72. The van der Waals surface area contributed by atoms with Gasteiger partial charge in [0.25, 0.3) is 0 Å². The van der Waals surface area contributed by atoms with Crippen LogP contribution >= 0.6 is 0 Å². The first-order chi connectivity index (χ1) is 9.53. The highest BCUT2D eigenvalue weighted by molar-refractivity contribution is 5.01. The SMILES string of the molecule is CC1CCCC(CNCCc2ccnn2C)(N(C)C)C1. The molecular formula is C16H30N4. The predicted molar refractivity (Wildman–Crippen MR) is 83.8 cm³/mol. The van der Waals surface area contributed by atoms with E-state index in [1.807, 2.05) is 17.9 Å². The van der Waals surface area contributed by atoms with Gasteiger partial charge in [0.1, 0.15) is 0 Å². The summed E-state index contributed by atoms with van der Waals surface area (Å²) in [6, 6.07) is 2.10. The number of nitrogens with zero attached hydrogens (tertiary/aromatic N) is 3. The molecule has 1 N–H and O–H groups in total. The van der Waals surface area contributed by atoms with E-state index in [4.69, 9.17) is 0 Å². The molecule has 1 aromatic heterocycles. The van der Waals surface area contributed by atoms with Gasteiger partial charge < -0.3 is 10.2 Å². The topological polar surface area (TPSA) is 33.1 Å². The van der Waals surface area contributed by atoms with Crippen LogP contribution in [-0.4, -0.2) is 47.4 Å². The zero-order valence-electron chi connectivity index (χ0n) is 13.5. The van der Waals surface area contributed by atoms with Crippen LogP contribution in [0.5, 0.6) is 0 Å². The molecule has 1 heterocycles. The van der Waals surface area contributed by atoms with Crippen molar-refractivity contribution in [2.45, 2.75) is 44.6 Å². The fourth-order valence-corrected chi connectivity index (χ4v) is 3.54. The quantitative estimate of drug-likeness (QED) is 0.809. The Hall–Kier alpha value is -0.870. The molecule has 1 fully saturated rings. The minimum atomic E-state index is 0.351. The maximum Gasteiger partial charge on any atom is 0.0492 e. The average molecular weight is 278 g/mol. The number of hydrogen-bond acceptors (Lipinski definition) is 3. The van der Waals surface area contributed by atoms with Crippen molar-refractivity contribution in [1.82, 2.24) is 20.0 Å². The van der Waals surface area contributed by atoms with E-state index in [0.29, 0.717) is 5.54 Å². The van der Waals surface area contributed by atoms with E-state index in [1.165, 1.54) is 31.4 Å². The van der Waals surface area contributed by atoms with Crippen molar-refractivity contribution in [1.29, 1.82) is 0 Å². The fourth-order valence-electron chi connectivity index (χ4n) is 3.54. The third-order valence-electron chi connectivity index (χ3n) is 4.95. The molecular weight excluding hydrogens is 248 g/mol. The summed E-state index contributed by atoms with van der Waals surface area (Å²) in [6.07, 6.45) is 8.32. The van der Waals surface area contributed by atoms with Gasteiger partial charge in [0, 0.05) is 44.0 Å². The first-order valence-corrected chi connectivity index (χ1v) is 7.88. The van der Waals surface area contributed by atoms with Crippen molar-refractivity contribution in [3.8, 4) is 0 Å². The molecule has 20 heavy (non-hydrogen) atoms. The van der Waals surface area contributed by atoms with Crippen molar-refractivity contribution in [2.24, 2.45) is 13.0 Å². The van der Waals surface area contributed by atoms with Gasteiger partial charge in [-0.1, -0.05) is 19.8 Å². The summed E-state index contributed by atoms with van der Waals surface area (Å²) in [5.41, 5.74) is 1.65. The molecule has 0 saturated heterocycles. The highest BCUT2D eigenvalue weighted by Gasteiger charge is 2.36. The lowest BCUT2D eigenvalue weighted by molar-refractivity contribution is 0.0755. The minimum absolute atomic E-state index is 0.351. The molecule has 114 valence electrons. The van der Waals surface area contributed by atoms with Gasteiger partial charge in [-0.3, -0.25) is 4.68 Å².